The van der Waals surface area contributed by atoms with Crippen LogP contribution in [-0.2, 0) is 9.53 Å². The molecule has 1 atom stereocenters. The number of hydrogen-bond donors (Lipinski definition) is 1. The number of hydrogen-bond acceptors (Lipinski definition) is 4. The quantitative estimate of drug-likeness (QED) is 0.902. The second kappa shape index (κ2) is 5.84. The summed E-state index contributed by atoms with van der Waals surface area (Å²) >= 11 is 5.87. The molecule has 8 heteroatoms. The Morgan fingerprint density at radius 1 is 1.36 bits per heavy atom. The number of ether oxygens (including phenoxy) is 1. The lowest BCUT2D eigenvalue weighted by atomic mass is 10.2. The van der Waals surface area contributed by atoms with Gasteiger partial charge in [0.1, 0.15) is 0 Å². The Balaban J connectivity index is 1.61. The number of imide groups is 1. The molecular weight excluding hydrogens is 310 g/mol. The van der Waals surface area contributed by atoms with E-state index in [1.165, 1.54) is 0 Å². The van der Waals surface area contributed by atoms with E-state index in [2.05, 4.69) is 5.32 Å². The zero-order valence-electron chi connectivity index (χ0n) is 11.6. The van der Waals surface area contributed by atoms with Crippen molar-refractivity contribution < 1.29 is 19.1 Å². The van der Waals surface area contributed by atoms with Gasteiger partial charge in [0, 0.05) is 23.8 Å². The van der Waals surface area contributed by atoms with Gasteiger partial charge >= 0.3 is 12.1 Å². The summed E-state index contributed by atoms with van der Waals surface area (Å²) < 4.78 is 4.70. The number of benzene rings is 1. The van der Waals surface area contributed by atoms with Crippen LogP contribution < -0.4 is 5.32 Å². The monoisotopic (exact) mass is 323 g/mol. The highest BCUT2D eigenvalue weighted by molar-refractivity contribution is 6.30. The van der Waals surface area contributed by atoms with Crippen LogP contribution in [0.15, 0.2) is 24.3 Å². The Kier molecular flexibility index (Phi) is 3.89. The highest BCUT2D eigenvalue weighted by atomic mass is 35.5. The van der Waals surface area contributed by atoms with Gasteiger partial charge in [-0.3, -0.25) is 4.79 Å². The van der Waals surface area contributed by atoms with E-state index in [4.69, 9.17) is 16.3 Å². The molecule has 0 aromatic heterocycles. The number of anilines is 1. The lowest BCUT2D eigenvalue weighted by Gasteiger charge is -2.20. The van der Waals surface area contributed by atoms with Gasteiger partial charge in [-0.1, -0.05) is 17.7 Å². The predicted molar refractivity (Wildman–Crippen MR) is 78.6 cm³/mol. The molecule has 1 N–H and O–H groups in total. The molecule has 0 spiro atoms. The van der Waals surface area contributed by atoms with Crippen LogP contribution in [0, 0.1) is 0 Å². The summed E-state index contributed by atoms with van der Waals surface area (Å²) in [6, 6.07) is 6.22. The van der Waals surface area contributed by atoms with Crippen LogP contribution >= 0.6 is 11.6 Å². The minimum Gasteiger partial charge on any atom is -0.439 e. The minimum atomic E-state index is -0.632. The van der Waals surface area contributed by atoms with Gasteiger partial charge in [-0.05, 0) is 24.6 Å². The van der Waals surface area contributed by atoms with Crippen molar-refractivity contribution in [3.05, 3.63) is 29.3 Å². The number of cyclic esters (lactones) is 1. The molecule has 0 saturated carbocycles. The average Bonchev–Trinajstić information content (AvgIpc) is 3.06. The summed E-state index contributed by atoms with van der Waals surface area (Å²) in [6.45, 7) is 0.547. The van der Waals surface area contributed by atoms with Crippen LogP contribution in [0.2, 0.25) is 5.02 Å². The number of urea groups is 1. The van der Waals surface area contributed by atoms with E-state index in [-0.39, 0.29) is 24.6 Å². The molecule has 2 aliphatic heterocycles. The van der Waals surface area contributed by atoms with Crippen molar-refractivity contribution in [1.29, 1.82) is 0 Å². The minimum absolute atomic E-state index is 0.218. The maximum atomic E-state index is 12.2. The number of carbonyl (C=O) groups excluding carboxylic acids is 3. The fraction of sp³-hybridized carbons (Fsp3) is 0.357. The number of likely N-dealkylation sites (tertiary alicyclic amines) is 1. The molecule has 1 unspecified atom stereocenters. The second-order valence-electron chi connectivity index (χ2n) is 5.15. The van der Waals surface area contributed by atoms with Gasteiger partial charge in [0.05, 0.1) is 6.04 Å². The summed E-state index contributed by atoms with van der Waals surface area (Å²) in [7, 11) is 0. The molecular formula is C14H14ClN3O4. The highest BCUT2D eigenvalue weighted by Crippen LogP contribution is 2.21. The maximum absolute atomic E-state index is 12.2. The van der Waals surface area contributed by atoms with Crippen molar-refractivity contribution in [3.63, 3.8) is 0 Å². The number of rotatable bonds is 2. The van der Waals surface area contributed by atoms with Gasteiger partial charge in [-0.15, -0.1) is 0 Å². The van der Waals surface area contributed by atoms with Gasteiger partial charge in [0.15, 0.2) is 6.61 Å². The molecule has 2 heterocycles. The summed E-state index contributed by atoms with van der Waals surface area (Å²) in [6.07, 6.45) is -0.0869. The smallest absolute Gasteiger partial charge is 0.417 e. The molecule has 2 saturated heterocycles. The van der Waals surface area contributed by atoms with Crippen LogP contribution in [0.1, 0.15) is 6.42 Å². The molecule has 2 aliphatic rings. The number of halogens is 1. The summed E-state index contributed by atoms with van der Waals surface area (Å²) in [5, 5.41) is 3.27. The SMILES string of the molecule is O=C(Nc1cccc(Cl)c1)N1CCC(N2C(=O)COC2=O)C1. The third-order valence-corrected chi connectivity index (χ3v) is 3.91. The average molecular weight is 324 g/mol. The van der Waals surface area contributed by atoms with Crippen molar-refractivity contribution in [3.8, 4) is 0 Å². The van der Waals surface area contributed by atoms with Crippen LogP contribution in [0.5, 0.6) is 0 Å². The number of amides is 4. The van der Waals surface area contributed by atoms with Crippen molar-refractivity contribution >= 4 is 35.3 Å². The molecule has 4 amide bonds. The van der Waals surface area contributed by atoms with E-state index in [0.717, 1.165) is 4.90 Å². The molecule has 0 aliphatic carbocycles. The third-order valence-electron chi connectivity index (χ3n) is 3.68. The van der Waals surface area contributed by atoms with Crippen LogP contribution in [-0.4, -0.2) is 53.6 Å². The van der Waals surface area contributed by atoms with E-state index in [1.807, 2.05) is 0 Å². The van der Waals surface area contributed by atoms with Gasteiger partial charge < -0.3 is 15.0 Å². The number of carbonyl (C=O) groups is 3. The van der Waals surface area contributed by atoms with Crippen molar-refractivity contribution in [2.75, 3.05) is 25.0 Å². The summed E-state index contributed by atoms with van der Waals surface area (Å²) in [4.78, 5) is 38.0. The van der Waals surface area contributed by atoms with Crippen LogP contribution in [0.25, 0.3) is 0 Å². The first kappa shape index (κ1) is 14.6. The van der Waals surface area contributed by atoms with E-state index < -0.39 is 6.09 Å². The number of nitrogens with zero attached hydrogens (tertiary/aromatic N) is 2. The van der Waals surface area contributed by atoms with Gasteiger partial charge in [0.2, 0.25) is 0 Å². The molecule has 0 radical (unpaired) electrons. The Morgan fingerprint density at radius 2 is 2.18 bits per heavy atom. The Labute approximate surface area is 131 Å². The van der Waals surface area contributed by atoms with Crippen molar-refractivity contribution in [2.24, 2.45) is 0 Å². The molecule has 0 bridgehead atoms. The molecule has 1 aromatic carbocycles. The topological polar surface area (TPSA) is 79.0 Å². The summed E-state index contributed by atoms with van der Waals surface area (Å²) in [5.74, 6) is -0.355. The van der Waals surface area contributed by atoms with E-state index in [1.54, 1.807) is 29.2 Å². The molecule has 116 valence electrons. The first-order chi connectivity index (χ1) is 10.5. The molecule has 2 fully saturated rings. The summed E-state index contributed by atoms with van der Waals surface area (Å²) in [5.41, 5.74) is 0.595. The van der Waals surface area contributed by atoms with Crippen LogP contribution in [0.3, 0.4) is 0 Å². The van der Waals surface area contributed by atoms with E-state index in [0.29, 0.717) is 30.2 Å². The highest BCUT2D eigenvalue weighted by Gasteiger charge is 2.41. The third kappa shape index (κ3) is 2.85. The molecule has 22 heavy (non-hydrogen) atoms. The largest absolute Gasteiger partial charge is 0.439 e. The zero-order chi connectivity index (χ0) is 15.7. The van der Waals surface area contributed by atoms with Crippen LogP contribution in [0.4, 0.5) is 15.3 Å². The first-order valence-electron chi connectivity index (χ1n) is 6.85. The molecule has 1 aromatic rings. The van der Waals surface area contributed by atoms with Crippen molar-refractivity contribution in [1.82, 2.24) is 9.80 Å². The lowest BCUT2D eigenvalue weighted by molar-refractivity contribution is -0.127. The Morgan fingerprint density at radius 3 is 2.86 bits per heavy atom. The maximum Gasteiger partial charge on any atom is 0.417 e. The predicted octanol–water partition coefficient (Wildman–Crippen LogP) is 1.93. The van der Waals surface area contributed by atoms with E-state index >= 15 is 0 Å². The number of nitrogens with one attached hydrogen (secondary N) is 1. The molecule has 7 nitrogen and oxygen atoms in total. The first-order valence-corrected chi connectivity index (χ1v) is 7.23. The Bertz CT molecular complexity index is 620. The van der Waals surface area contributed by atoms with E-state index in [9.17, 15) is 14.4 Å². The second-order valence-corrected chi connectivity index (χ2v) is 5.58. The Hall–Kier alpha value is -2.28. The lowest BCUT2D eigenvalue weighted by Crippen LogP contribution is -2.42. The zero-order valence-corrected chi connectivity index (χ0v) is 12.4. The normalized spacial score (nSPS) is 21.2. The fourth-order valence-corrected chi connectivity index (χ4v) is 2.81. The molecule has 3 rings (SSSR count). The van der Waals surface area contributed by atoms with Gasteiger partial charge in [-0.25, -0.2) is 14.5 Å². The van der Waals surface area contributed by atoms with Crippen molar-refractivity contribution in [2.45, 2.75) is 12.5 Å². The van der Waals surface area contributed by atoms with Gasteiger partial charge in [-0.2, -0.15) is 0 Å². The fourth-order valence-electron chi connectivity index (χ4n) is 2.62. The standard InChI is InChI=1S/C14H14ClN3O4/c15-9-2-1-3-10(6-9)16-13(20)17-5-4-11(7-17)18-12(19)8-22-14(18)21/h1-3,6,11H,4-5,7-8H2,(H,16,20). The van der Waals surface area contributed by atoms with Gasteiger partial charge in [0.25, 0.3) is 5.91 Å².